The zero-order valence-corrected chi connectivity index (χ0v) is 10.9. The van der Waals surface area contributed by atoms with Crippen molar-refractivity contribution in [1.29, 1.82) is 0 Å². The van der Waals surface area contributed by atoms with Crippen LogP contribution in [0.3, 0.4) is 0 Å². The fourth-order valence-corrected chi connectivity index (χ4v) is 3.45. The van der Waals surface area contributed by atoms with Crippen LogP contribution in [0, 0.1) is 5.82 Å². The molecule has 0 aliphatic carbocycles. The van der Waals surface area contributed by atoms with Crippen LogP contribution in [-0.4, -0.2) is 44.5 Å². The van der Waals surface area contributed by atoms with Crippen LogP contribution >= 0.6 is 0 Å². The molecule has 1 heterocycles. The minimum atomic E-state index is -2.89. The van der Waals surface area contributed by atoms with Gasteiger partial charge in [-0.25, -0.2) is 12.8 Å². The molecule has 2 rings (SSSR count). The molecule has 1 fully saturated rings. The number of sulfone groups is 1. The van der Waals surface area contributed by atoms with Gasteiger partial charge < -0.3 is 5.73 Å². The van der Waals surface area contributed by atoms with Gasteiger partial charge in [-0.1, -0.05) is 12.1 Å². The molecule has 1 aromatic carbocycles. The molecule has 0 spiro atoms. The Kier molecular flexibility index (Phi) is 3.99. The minimum Gasteiger partial charge on any atom is -0.329 e. The van der Waals surface area contributed by atoms with Gasteiger partial charge >= 0.3 is 0 Å². The van der Waals surface area contributed by atoms with Gasteiger partial charge in [-0.05, 0) is 17.7 Å². The molecule has 100 valence electrons. The second kappa shape index (κ2) is 5.34. The van der Waals surface area contributed by atoms with Gasteiger partial charge in [0.05, 0.1) is 11.5 Å². The van der Waals surface area contributed by atoms with Crippen LogP contribution in [0.15, 0.2) is 24.3 Å². The predicted molar refractivity (Wildman–Crippen MR) is 68.4 cm³/mol. The van der Waals surface area contributed by atoms with E-state index in [9.17, 15) is 12.8 Å². The van der Waals surface area contributed by atoms with E-state index in [0.717, 1.165) is 5.56 Å². The summed E-state index contributed by atoms with van der Waals surface area (Å²) in [6.07, 6.45) is 0. The van der Waals surface area contributed by atoms with Crippen molar-refractivity contribution in [3.8, 4) is 0 Å². The molecule has 1 atom stereocenters. The number of benzene rings is 1. The highest BCUT2D eigenvalue weighted by Gasteiger charge is 2.27. The maximum atomic E-state index is 12.9. The zero-order chi connectivity index (χ0) is 13.2. The summed E-state index contributed by atoms with van der Waals surface area (Å²) in [6.45, 7) is 1.37. The Morgan fingerprint density at radius 1 is 1.22 bits per heavy atom. The lowest BCUT2D eigenvalue weighted by Gasteiger charge is -2.33. The minimum absolute atomic E-state index is 0.0406. The molecule has 6 heteroatoms. The maximum Gasteiger partial charge on any atom is 0.152 e. The lowest BCUT2D eigenvalue weighted by molar-refractivity contribution is 0.218. The summed E-state index contributed by atoms with van der Waals surface area (Å²) in [5, 5.41) is 0. The van der Waals surface area contributed by atoms with Gasteiger partial charge in [0, 0.05) is 25.7 Å². The number of rotatable bonds is 3. The summed E-state index contributed by atoms with van der Waals surface area (Å²) in [5.74, 6) is 0.0609. The molecule has 1 saturated heterocycles. The molecule has 2 N–H and O–H groups in total. The van der Waals surface area contributed by atoms with Crippen LogP contribution in [0.1, 0.15) is 11.6 Å². The highest BCUT2D eigenvalue weighted by atomic mass is 32.2. The first-order valence-corrected chi connectivity index (χ1v) is 7.74. The van der Waals surface area contributed by atoms with Gasteiger partial charge in [0.25, 0.3) is 0 Å². The van der Waals surface area contributed by atoms with E-state index in [1.807, 2.05) is 4.90 Å². The van der Waals surface area contributed by atoms with Crippen molar-refractivity contribution in [3.63, 3.8) is 0 Å². The van der Waals surface area contributed by atoms with Crippen molar-refractivity contribution in [1.82, 2.24) is 4.90 Å². The van der Waals surface area contributed by atoms with Gasteiger partial charge in [-0.3, -0.25) is 4.90 Å². The van der Waals surface area contributed by atoms with E-state index in [2.05, 4.69) is 0 Å². The molecular formula is C12H17FN2O2S. The quantitative estimate of drug-likeness (QED) is 0.873. The molecule has 0 saturated carbocycles. The smallest absolute Gasteiger partial charge is 0.152 e. The molecule has 1 aromatic rings. The molecule has 1 aliphatic rings. The molecule has 0 radical (unpaired) electrons. The van der Waals surface area contributed by atoms with Crippen LogP contribution in [-0.2, 0) is 9.84 Å². The third-order valence-electron chi connectivity index (χ3n) is 3.30. The second-order valence-corrected chi connectivity index (χ2v) is 6.79. The van der Waals surface area contributed by atoms with Gasteiger partial charge in [0.1, 0.15) is 5.82 Å². The molecule has 0 amide bonds. The average molecular weight is 272 g/mol. The lowest BCUT2D eigenvalue weighted by atomic mass is 10.1. The van der Waals surface area contributed by atoms with Crippen molar-refractivity contribution in [2.24, 2.45) is 5.73 Å². The standard InChI is InChI=1S/C12H17FN2O2S/c13-11-3-1-10(2-4-11)12(9-14)15-5-7-18(16,17)8-6-15/h1-4,12H,5-9,14H2. The third-order valence-corrected chi connectivity index (χ3v) is 4.91. The van der Waals surface area contributed by atoms with E-state index < -0.39 is 9.84 Å². The lowest BCUT2D eigenvalue weighted by Crippen LogP contribution is -2.44. The fourth-order valence-electron chi connectivity index (χ4n) is 2.22. The fraction of sp³-hybridized carbons (Fsp3) is 0.500. The number of hydrogen-bond donors (Lipinski definition) is 1. The molecule has 1 aliphatic heterocycles. The van der Waals surface area contributed by atoms with Crippen molar-refractivity contribution in [2.45, 2.75) is 6.04 Å². The number of halogens is 1. The van der Waals surface area contributed by atoms with Gasteiger partial charge in [-0.2, -0.15) is 0 Å². The van der Waals surface area contributed by atoms with Crippen molar-refractivity contribution < 1.29 is 12.8 Å². The normalized spacial score (nSPS) is 21.7. The highest BCUT2D eigenvalue weighted by molar-refractivity contribution is 7.91. The summed E-state index contributed by atoms with van der Waals surface area (Å²) < 4.78 is 35.6. The molecule has 18 heavy (non-hydrogen) atoms. The van der Waals surface area contributed by atoms with Crippen LogP contribution in [0.2, 0.25) is 0 Å². The summed E-state index contributed by atoms with van der Waals surface area (Å²) in [7, 11) is -2.89. The maximum absolute atomic E-state index is 12.9. The number of nitrogens with zero attached hydrogens (tertiary/aromatic N) is 1. The molecule has 0 bridgehead atoms. The van der Waals surface area contributed by atoms with Crippen molar-refractivity contribution >= 4 is 9.84 Å². The van der Waals surface area contributed by atoms with E-state index >= 15 is 0 Å². The highest BCUT2D eigenvalue weighted by Crippen LogP contribution is 2.22. The molecular weight excluding hydrogens is 255 g/mol. The van der Waals surface area contributed by atoms with Crippen molar-refractivity contribution in [2.75, 3.05) is 31.1 Å². The molecule has 0 aromatic heterocycles. The number of nitrogens with two attached hydrogens (primary N) is 1. The van der Waals surface area contributed by atoms with Crippen LogP contribution in [0.4, 0.5) is 4.39 Å². The van der Waals surface area contributed by atoms with Gasteiger partial charge in [0.15, 0.2) is 9.84 Å². The number of hydrogen-bond acceptors (Lipinski definition) is 4. The largest absolute Gasteiger partial charge is 0.329 e. The van der Waals surface area contributed by atoms with Gasteiger partial charge in [0.2, 0.25) is 0 Å². The monoisotopic (exact) mass is 272 g/mol. The zero-order valence-electron chi connectivity index (χ0n) is 10.0. The van der Waals surface area contributed by atoms with E-state index in [-0.39, 0.29) is 23.4 Å². The topological polar surface area (TPSA) is 63.4 Å². The van der Waals surface area contributed by atoms with Crippen molar-refractivity contribution in [3.05, 3.63) is 35.6 Å². The predicted octanol–water partition coefficient (Wildman–Crippen LogP) is 0.556. The Bertz CT molecular complexity index is 487. The van der Waals surface area contributed by atoms with Gasteiger partial charge in [-0.15, -0.1) is 0 Å². The van der Waals surface area contributed by atoms with E-state index in [1.165, 1.54) is 12.1 Å². The summed E-state index contributed by atoms with van der Waals surface area (Å²) in [5.41, 5.74) is 6.69. The Morgan fingerprint density at radius 3 is 2.28 bits per heavy atom. The van der Waals surface area contributed by atoms with Crippen LogP contribution in [0.25, 0.3) is 0 Å². The molecule has 1 unspecified atom stereocenters. The Morgan fingerprint density at radius 2 is 1.78 bits per heavy atom. The summed E-state index contributed by atoms with van der Waals surface area (Å²) >= 11 is 0. The van der Waals surface area contributed by atoms with E-state index in [1.54, 1.807) is 12.1 Å². The average Bonchev–Trinajstić information content (AvgIpc) is 2.34. The third kappa shape index (κ3) is 3.07. The summed E-state index contributed by atoms with van der Waals surface area (Å²) in [6, 6.07) is 6.17. The SMILES string of the molecule is NCC(c1ccc(F)cc1)N1CCS(=O)(=O)CC1. The van der Waals surface area contributed by atoms with Crippen LogP contribution in [0.5, 0.6) is 0 Å². The van der Waals surface area contributed by atoms with E-state index in [4.69, 9.17) is 5.73 Å². The first-order chi connectivity index (χ1) is 8.52. The van der Waals surface area contributed by atoms with Crippen LogP contribution < -0.4 is 5.73 Å². The first-order valence-electron chi connectivity index (χ1n) is 5.92. The first kappa shape index (κ1) is 13.5. The Labute approximate surface area is 107 Å². The second-order valence-electron chi connectivity index (χ2n) is 4.49. The Balaban J connectivity index is 2.12. The molecule has 4 nitrogen and oxygen atoms in total. The summed E-state index contributed by atoms with van der Waals surface area (Å²) in [4.78, 5) is 2.05. The Hall–Kier alpha value is -0.980. The van der Waals surface area contributed by atoms with E-state index in [0.29, 0.717) is 19.6 Å².